The van der Waals surface area contributed by atoms with E-state index >= 15 is 0 Å². The largest absolute Gasteiger partial charge is 0.415 e. The van der Waals surface area contributed by atoms with Gasteiger partial charge >= 0.3 is 0 Å². The lowest BCUT2D eigenvalue weighted by Gasteiger charge is -2.38. The summed E-state index contributed by atoms with van der Waals surface area (Å²) in [6.45, 7) is 14.3. The predicted octanol–water partition coefficient (Wildman–Crippen LogP) is 3.11. The van der Waals surface area contributed by atoms with Crippen LogP contribution in [0.1, 0.15) is 34.6 Å². The summed E-state index contributed by atoms with van der Waals surface area (Å²) in [5, 5.41) is 0.0799. The van der Waals surface area contributed by atoms with E-state index in [0.717, 1.165) is 0 Å². The molecule has 0 amide bonds. The van der Waals surface area contributed by atoms with Crippen molar-refractivity contribution in [3.63, 3.8) is 0 Å². The van der Waals surface area contributed by atoms with Gasteiger partial charge in [0.05, 0.1) is 6.61 Å². The molecule has 1 aliphatic carbocycles. The van der Waals surface area contributed by atoms with Crippen LogP contribution in [0.4, 0.5) is 0 Å². The summed E-state index contributed by atoms with van der Waals surface area (Å²) in [5.41, 5.74) is -0.457. The Hall–Kier alpha value is -0.743. The summed E-state index contributed by atoms with van der Waals surface area (Å²) >= 11 is 0. The van der Waals surface area contributed by atoms with Gasteiger partial charge < -0.3 is 4.43 Å². The van der Waals surface area contributed by atoms with Crippen LogP contribution in [0.25, 0.3) is 0 Å². The Balaban J connectivity index is 2.82. The van der Waals surface area contributed by atoms with Crippen molar-refractivity contribution < 1.29 is 14.0 Å². The van der Waals surface area contributed by atoms with Crippen molar-refractivity contribution in [3.05, 3.63) is 11.6 Å². The molecule has 0 aromatic heterocycles. The molecule has 0 saturated heterocycles. The SMILES string of the molecule is CC1=CC(=O)[C@@](C)(CO[Si](C)(C)C(C)(C)C)C1=O. The van der Waals surface area contributed by atoms with Gasteiger partial charge in [0.1, 0.15) is 5.41 Å². The van der Waals surface area contributed by atoms with E-state index in [4.69, 9.17) is 4.43 Å². The van der Waals surface area contributed by atoms with E-state index in [1.807, 2.05) is 0 Å². The molecule has 3 nitrogen and oxygen atoms in total. The van der Waals surface area contributed by atoms with Gasteiger partial charge in [0.2, 0.25) is 0 Å². The molecule has 0 aromatic carbocycles. The highest BCUT2D eigenvalue weighted by atomic mass is 28.4. The van der Waals surface area contributed by atoms with Crippen LogP contribution in [0, 0.1) is 5.41 Å². The van der Waals surface area contributed by atoms with Crippen LogP contribution in [0.2, 0.25) is 18.1 Å². The maximum absolute atomic E-state index is 12.1. The van der Waals surface area contributed by atoms with Crippen LogP contribution in [0.3, 0.4) is 0 Å². The van der Waals surface area contributed by atoms with Gasteiger partial charge in [-0.2, -0.15) is 0 Å². The maximum atomic E-state index is 12.1. The Morgan fingerprint density at radius 2 is 1.78 bits per heavy atom. The predicted molar refractivity (Wildman–Crippen MR) is 75.0 cm³/mol. The normalized spacial score (nSPS) is 25.6. The fraction of sp³-hybridized carbons (Fsp3) is 0.714. The summed E-state index contributed by atoms with van der Waals surface area (Å²) in [5.74, 6) is -0.213. The number of carbonyl (C=O) groups is 2. The van der Waals surface area contributed by atoms with Crippen molar-refractivity contribution in [3.8, 4) is 0 Å². The van der Waals surface area contributed by atoms with Crippen LogP contribution in [0.5, 0.6) is 0 Å². The van der Waals surface area contributed by atoms with Crippen LogP contribution >= 0.6 is 0 Å². The second-order valence-corrected chi connectivity index (χ2v) is 11.7. The van der Waals surface area contributed by atoms with E-state index < -0.39 is 13.7 Å². The van der Waals surface area contributed by atoms with Gasteiger partial charge in [-0.3, -0.25) is 9.59 Å². The second kappa shape index (κ2) is 4.42. The minimum Gasteiger partial charge on any atom is -0.415 e. The minimum atomic E-state index is -1.93. The highest BCUT2D eigenvalue weighted by Crippen LogP contribution is 2.39. The van der Waals surface area contributed by atoms with Gasteiger partial charge in [0, 0.05) is 0 Å². The van der Waals surface area contributed by atoms with Gasteiger partial charge in [-0.25, -0.2) is 0 Å². The van der Waals surface area contributed by atoms with Crippen molar-refractivity contribution in [2.75, 3.05) is 6.61 Å². The summed E-state index contributed by atoms with van der Waals surface area (Å²) in [7, 11) is -1.93. The summed E-state index contributed by atoms with van der Waals surface area (Å²) in [6.07, 6.45) is 1.44. The standard InChI is InChI=1S/C14H24O3Si/c1-10-8-11(15)14(5,12(10)16)9-17-18(6,7)13(2,3)4/h8H,9H2,1-7H3/t14-/m1/s1. The number of carbonyl (C=O) groups excluding carboxylic acids is 2. The molecule has 0 aliphatic heterocycles. The number of ketones is 2. The lowest BCUT2D eigenvalue weighted by atomic mass is 9.86. The van der Waals surface area contributed by atoms with E-state index in [-0.39, 0.29) is 23.2 Å². The highest BCUT2D eigenvalue weighted by molar-refractivity contribution is 6.74. The molecule has 0 heterocycles. The Labute approximate surface area is 111 Å². The lowest BCUT2D eigenvalue weighted by molar-refractivity contribution is -0.134. The van der Waals surface area contributed by atoms with E-state index in [2.05, 4.69) is 33.9 Å². The maximum Gasteiger partial charge on any atom is 0.192 e. The molecular formula is C14H24O3Si. The highest BCUT2D eigenvalue weighted by Gasteiger charge is 2.47. The number of rotatable bonds is 3. The molecule has 4 heteroatoms. The molecule has 0 spiro atoms. The average Bonchev–Trinajstić information content (AvgIpc) is 2.39. The number of hydrogen-bond donors (Lipinski definition) is 0. The van der Waals surface area contributed by atoms with E-state index in [0.29, 0.717) is 5.57 Å². The van der Waals surface area contributed by atoms with Gasteiger partial charge in [-0.15, -0.1) is 0 Å². The van der Waals surface area contributed by atoms with Gasteiger partial charge in [0.25, 0.3) is 0 Å². The van der Waals surface area contributed by atoms with Crippen molar-refractivity contribution in [1.82, 2.24) is 0 Å². The average molecular weight is 268 g/mol. The van der Waals surface area contributed by atoms with Crippen molar-refractivity contribution in [2.24, 2.45) is 5.41 Å². The third-order valence-electron chi connectivity index (χ3n) is 4.28. The third-order valence-corrected chi connectivity index (χ3v) is 8.76. The zero-order valence-corrected chi connectivity index (χ0v) is 13.5. The van der Waals surface area contributed by atoms with Crippen molar-refractivity contribution >= 4 is 19.9 Å². The molecule has 1 atom stereocenters. The van der Waals surface area contributed by atoms with Gasteiger partial charge in [-0.05, 0) is 43.6 Å². The summed E-state index contributed by atoms with van der Waals surface area (Å²) in [4.78, 5) is 24.0. The van der Waals surface area contributed by atoms with Crippen molar-refractivity contribution in [2.45, 2.75) is 52.8 Å². The molecule has 0 bridgehead atoms. The molecule has 1 aliphatic rings. The van der Waals surface area contributed by atoms with E-state index in [9.17, 15) is 9.59 Å². The number of Topliss-reactive ketones (excluding diaryl/α,β-unsaturated/α-hetero) is 1. The van der Waals surface area contributed by atoms with Gasteiger partial charge in [-0.1, -0.05) is 20.8 Å². The molecular weight excluding hydrogens is 244 g/mol. The molecule has 1 rings (SSSR count). The fourth-order valence-electron chi connectivity index (χ4n) is 1.65. The first-order valence-electron chi connectivity index (χ1n) is 6.33. The zero-order valence-electron chi connectivity index (χ0n) is 12.5. The topological polar surface area (TPSA) is 43.4 Å². The van der Waals surface area contributed by atoms with Crippen LogP contribution in [-0.2, 0) is 14.0 Å². The monoisotopic (exact) mass is 268 g/mol. The van der Waals surface area contributed by atoms with Gasteiger partial charge in [0.15, 0.2) is 19.9 Å². The Morgan fingerprint density at radius 3 is 2.11 bits per heavy atom. The molecule has 0 fully saturated rings. The van der Waals surface area contributed by atoms with E-state index in [1.54, 1.807) is 13.8 Å². The van der Waals surface area contributed by atoms with Crippen LogP contribution in [0.15, 0.2) is 11.6 Å². The minimum absolute atomic E-state index is 0.0799. The Bertz CT molecular complexity index is 415. The number of allylic oxidation sites excluding steroid dienone is 2. The van der Waals surface area contributed by atoms with E-state index in [1.165, 1.54) is 6.08 Å². The lowest BCUT2D eigenvalue weighted by Crippen LogP contribution is -2.46. The quantitative estimate of drug-likeness (QED) is 0.583. The smallest absolute Gasteiger partial charge is 0.192 e. The third kappa shape index (κ3) is 2.49. The van der Waals surface area contributed by atoms with Crippen molar-refractivity contribution in [1.29, 1.82) is 0 Å². The molecule has 0 aromatic rings. The van der Waals surface area contributed by atoms with Crippen LogP contribution < -0.4 is 0 Å². The molecule has 0 saturated carbocycles. The first-order chi connectivity index (χ1) is 7.92. The fourth-order valence-corrected chi connectivity index (χ4v) is 2.73. The Morgan fingerprint density at radius 1 is 1.28 bits per heavy atom. The summed E-state index contributed by atoms with van der Waals surface area (Å²) in [6, 6.07) is 0. The molecule has 102 valence electrons. The first kappa shape index (κ1) is 15.3. The first-order valence-corrected chi connectivity index (χ1v) is 9.24. The molecule has 0 radical (unpaired) electrons. The second-order valence-electron chi connectivity index (χ2n) is 6.90. The summed E-state index contributed by atoms with van der Waals surface area (Å²) < 4.78 is 6.03. The molecule has 0 unspecified atom stereocenters. The number of hydrogen-bond acceptors (Lipinski definition) is 3. The van der Waals surface area contributed by atoms with Crippen LogP contribution in [-0.4, -0.2) is 26.5 Å². The zero-order chi connectivity index (χ0) is 14.4. The Kier molecular flexibility index (Phi) is 3.76. The molecule has 18 heavy (non-hydrogen) atoms. The molecule has 0 N–H and O–H groups in total.